The van der Waals surface area contributed by atoms with Gasteiger partial charge in [-0.05, 0) is 52.9 Å². The van der Waals surface area contributed by atoms with E-state index in [9.17, 15) is 0 Å². The number of hydrogen-bond donors (Lipinski definition) is 1. The summed E-state index contributed by atoms with van der Waals surface area (Å²) < 4.78 is 2.15. The Balaban J connectivity index is 1.75. The van der Waals surface area contributed by atoms with E-state index in [0.717, 1.165) is 33.6 Å². The number of anilines is 2. The number of nitrogens with one attached hydrogen (secondary N) is 1. The molecule has 0 aliphatic rings. The third-order valence-electron chi connectivity index (χ3n) is 4.52. The van der Waals surface area contributed by atoms with E-state index in [1.807, 2.05) is 49.5 Å². The van der Waals surface area contributed by atoms with Crippen molar-refractivity contribution in [2.45, 2.75) is 0 Å². The quantitative estimate of drug-likeness (QED) is 0.544. The average Bonchev–Trinajstić information content (AvgIpc) is 3.39. The van der Waals surface area contributed by atoms with Crippen molar-refractivity contribution in [1.82, 2.24) is 30.0 Å². The lowest BCUT2D eigenvalue weighted by Gasteiger charge is -2.20. The third kappa shape index (κ3) is 2.21. The minimum absolute atomic E-state index is 0.624. The second-order valence-corrected chi connectivity index (χ2v) is 6.05. The van der Waals surface area contributed by atoms with Crippen LogP contribution < -0.4 is 4.90 Å². The zero-order chi connectivity index (χ0) is 17.5. The van der Waals surface area contributed by atoms with Crippen molar-refractivity contribution in [3.63, 3.8) is 0 Å². The van der Waals surface area contributed by atoms with Crippen LogP contribution in [0.5, 0.6) is 0 Å². The summed E-state index contributed by atoms with van der Waals surface area (Å²) in [5, 5.41) is 14.1. The third-order valence-corrected chi connectivity index (χ3v) is 4.52. The number of fused-ring (bicyclic) bond motifs is 3. The van der Waals surface area contributed by atoms with E-state index in [1.165, 1.54) is 0 Å². The van der Waals surface area contributed by atoms with Crippen LogP contribution in [0.3, 0.4) is 0 Å². The van der Waals surface area contributed by atoms with Gasteiger partial charge in [0, 0.05) is 24.5 Å². The lowest BCUT2D eigenvalue weighted by atomic mass is 10.2. The van der Waals surface area contributed by atoms with Crippen molar-refractivity contribution in [3.05, 3.63) is 66.9 Å². The lowest BCUT2D eigenvalue weighted by molar-refractivity contribution is 0.881. The molecule has 2 aromatic carbocycles. The van der Waals surface area contributed by atoms with Crippen LogP contribution in [0, 0.1) is 0 Å². The number of H-pyrrole nitrogens is 1. The van der Waals surface area contributed by atoms with E-state index < -0.39 is 0 Å². The molecule has 126 valence electrons. The van der Waals surface area contributed by atoms with Gasteiger partial charge in [-0.3, -0.25) is 0 Å². The van der Waals surface area contributed by atoms with Crippen molar-refractivity contribution >= 4 is 28.1 Å². The average molecular weight is 341 g/mol. The van der Waals surface area contributed by atoms with E-state index >= 15 is 0 Å². The molecule has 0 spiro atoms. The first-order chi connectivity index (χ1) is 12.8. The van der Waals surface area contributed by atoms with Crippen molar-refractivity contribution in [2.24, 2.45) is 0 Å². The van der Waals surface area contributed by atoms with Gasteiger partial charge in [0.1, 0.15) is 0 Å². The molecule has 0 saturated carbocycles. The van der Waals surface area contributed by atoms with Crippen LogP contribution in [0.15, 0.2) is 66.9 Å². The summed E-state index contributed by atoms with van der Waals surface area (Å²) in [5.74, 6) is 1.51. The lowest BCUT2D eigenvalue weighted by Crippen LogP contribution is -2.12. The molecule has 1 N–H and O–H groups in total. The van der Waals surface area contributed by atoms with Crippen molar-refractivity contribution < 1.29 is 0 Å². The van der Waals surface area contributed by atoms with Crippen LogP contribution in [0.2, 0.25) is 0 Å². The number of para-hydroxylation sites is 1. The molecule has 5 rings (SSSR count). The minimum atomic E-state index is 0.624. The molecule has 0 radical (unpaired) electrons. The van der Waals surface area contributed by atoms with E-state index in [4.69, 9.17) is 4.98 Å². The van der Waals surface area contributed by atoms with Gasteiger partial charge in [-0.25, -0.2) is 10.1 Å². The summed E-state index contributed by atoms with van der Waals surface area (Å²) >= 11 is 0. The molecular weight excluding hydrogens is 326 g/mol. The number of aromatic amines is 1. The summed E-state index contributed by atoms with van der Waals surface area (Å²) in [6.07, 6.45) is 2.05. The first kappa shape index (κ1) is 14.6. The molecule has 0 aliphatic carbocycles. The molecule has 0 amide bonds. The predicted octanol–water partition coefficient (Wildman–Crippen LogP) is 3.44. The molecular formula is C19H15N7. The van der Waals surface area contributed by atoms with Crippen LogP contribution in [0.4, 0.5) is 11.5 Å². The maximum Gasteiger partial charge on any atom is 0.179 e. The summed E-state index contributed by atoms with van der Waals surface area (Å²) in [6, 6.07) is 20.3. The van der Waals surface area contributed by atoms with Gasteiger partial charge in [-0.15, -0.1) is 5.10 Å². The molecule has 7 nitrogen and oxygen atoms in total. The van der Waals surface area contributed by atoms with E-state index in [0.29, 0.717) is 5.82 Å². The number of rotatable bonds is 3. The van der Waals surface area contributed by atoms with Crippen LogP contribution in [-0.2, 0) is 0 Å². The molecule has 0 atom stereocenters. The highest BCUT2D eigenvalue weighted by Crippen LogP contribution is 2.30. The molecule has 0 saturated heterocycles. The van der Waals surface area contributed by atoms with Gasteiger partial charge < -0.3 is 9.30 Å². The monoisotopic (exact) mass is 341 g/mol. The standard InChI is InChI=1S/C19H15N7/c1-25(14-6-3-2-4-7-14)19-17-8-5-11-26(17)16-10-9-13(12-15(16)20-19)18-21-23-24-22-18/h2-12H,1H3,(H,21,22,23,24). The Kier molecular flexibility index (Phi) is 3.18. The molecule has 0 fully saturated rings. The van der Waals surface area contributed by atoms with Gasteiger partial charge in [0.25, 0.3) is 0 Å². The summed E-state index contributed by atoms with van der Waals surface area (Å²) in [6.45, 7) is 0. The molecule has 0 unspecified atom stereocenters. The summed E-state index contributed by atoms with van der Waals surface area (Å²) in [5.41, 5.74) is 4.94. The van der Waals surface area contributed by atoms with Gasteiger partial charge >= 0.3 is 0 Å². The number of nitrogens with zero attached hydrogens (tertiary/aromatic N) is 6. The van der Waals surface area contributed by atoms with Crippen molar-refractivity contribution in [2.75, 3.05) is 11.9 Å². The van der Waals surface area contributed by atoms with Crippen molar-refractivity contribution in [3.8, 4) is 11.4 Å². The van der Waals surface area contributed by atoms with Crippen LogP contribution >= 0.6 is 0 Å². The second-order valence-electron chi connectivity index (χ2n) is 6.05. The number of hydrogen-bond acceptors (Lipinski definition) is 5. The van der Waals surface area contributed by atoms with Crippen LogP contribution in [0.1, 0.15) is 0 Å². The summed E-state index contributed by atoms with van der Waals surface area (Å²) in [4.78, 5) is 7.04. The maximum absolute atomic E-state index is 4.95. The molecule has 0 bridgehead atoms. The zero-order valence-electron chi connectivity index (χ0n) is 14.0. The first-order valence-electron chi connectivity index (χ1n) is 8.25. The normalized spacial score (nSPS) is 11.3. The molecule has 26 heavy (non-hydrogen) atoms. The number of tetrazole rings is 1. The Bertz CT molecular complexity index is 1190. The Morgan fingerprint density at radius 3 is 2.65 bits per heavy atom. The molecule has 3 aromatic heterocycles. The largest absolute Gasteiger partial charge is 0.328 e. The highest BCUT2D eigenvalue weighted by Gasteiger charge is 2.14. The van der Waals surface area contributed by atoms with Crippen molar-refractivity contribution in [1.29, 1.82) is 0 Å². The van der Waals surface area contributed by atoms with Gasteiger partial charge in [0.05, 0.1) is 16.6 Å². The number of benzene rings is 2. The highest BCUT2D eigenvalue weighted by atomic mass is 15.5. The maximum atomic E-state index is 4.95. The Morgan fingerprint density at radius 1 is 0.962 bits per heavy atom. The first-order valence-corrected chi connectivity index (χ1v) is 8.25. The van der Waals surface area contributed by atoms with Gasteiger partial charge in [0.2, 0.25) is 0 Å². The van der Waals surface area contributed by atoms with Gasteiger partial charge in [0.15, 0.2) is 11.6 Å². The van der Waals surface area contributed by atoms with Gasteiger partial charge in [-0.2, -0.15) is 0 Å². The zero-order valence-corrected chi connectivity index (χ0v) is 14.0. The smallest absolute Gasteiger partial charge is 0.179 e. The fourth-order valence-corrected chi connectivity index (χ4v) is 3.21. The van der Waals surface area contributed by atoms with E-state index in [2.05, 4.69) is 54.3 Å². The molecule has 3 heterocycles. The molecule has 7 heteroatoms. The Labute approximate surface area is 148 Å². The Hall–Kier alpha value is -3.74. The SMILES string of the molecule is CN(c1ccccc1)c1nc2cc(-c3nnn[nH]3)ccc2n2cccc12. The van der Waals surface area contributed by atoms with E-state index in [-0.39, 0.29) is 0 Å². The molecule has 0 aliphatic heterocycles. The van der Waals surface area contributed by atoms with Gasteiger partial charge in [-0.1, -0.05) is 18.2 Å². The van der Waals surface area contributed by atoms with Crippen LogP contribution in [0.25, 0.3) is 27.9 Å². The second kappa shape index (κ2) is 5.66. The molecule has 5 aromatic rings. The highest BCUT2D eigenvalue weighted by molar-refractivity contribution is 5.88. The minimum Gasteiger partial charge on any atom is -0.328 e. The fraction of sp³-hybridized carbons (Fsp3) is 0.0526. The Morgan fingerprint density at radius 2 is 1.85 bits per heavy atom. The summed E-state index contributed by atoms with van der Waals surface area (Å²) in [7, 11) is 2.03. The van der Waals surface area contributed by atoms with Crippen LogP contribution in [-0.4, -0.2) is 37.1 Å². The topological polar surface area (TPSA) is 75.0 Å². The van der Waals surface area contributed by atoms with E-state index in [1.54, 1.807) is 0 Å². The predicted molar refractivity (Wildman–Crippen MR) is 100 cm³/mol. The number of aromatic nitrogens is 6. The fourth-order valence-electron chi connectivity index (χ4n) is 3.21.